The molecule has 1 aliphatic heterocycles. The van der Waals surface area contributed by atoms with Crippen LogP contribution in [-0.2, 0) is 0 Å². The standard InChI is InChI=1S/C19H28FN/c1-2-15-4-3-10-19(11-9-15)12-13-21-14-18(19)16-5-7-17(20)8-6-16/h5-8,15,18,21H,2-4,9-14H2,1H3. The topological polar surface area (TPSA) is 12.0 Å². The summed E-state index contributed by atoms with van der Waals surface area (Å²) in [7, 11) is 0. The Balaban J connectivity index is 1.84. The van der Waals surface area contributed by atoms with E-state index in [0.717, 1.165) is 19.0 Å². The van der Waals surface area contributed by atoms with Crippen LogP contribution in [0.1, 0.15) is 63.4 Å². The van der Waals surface area contributed by atoms with E-state index >= 15 is 0 Å². The van der Waals surface area contributed by atoms with Crippen LogP contribution in [0.25, 0.3) is 0 Å². The smallest absolute Gasteiger partial charge is 0.123 e. The maximum atomic E-state index is 13.2. The monoisotopic (exact) mass is 289 g/mol. The number of hydrogen-bond donors (Lipinski definition) is 1. The Morgan fingerprint density at radius 2 is 1.95 bits per heavy atom. The van der Waals surface area contributed by atoms with Crippen molar-refractivity contribution in [3.8, 4) is 0 Å². The normalized spacial score (nSPS) is 33.8. The highest BCUT2D eigenvalue weighted by atomic mass is 19.1. The van der Waals surface area contributed by atoms with Crippen molar-refractivity contribution in [3.63, 3.8) is 0 Å². The Morgan fingerprint density at radius 3 is 2.71 bits per heavy atom. The van der Waals surface area contributed by atoms with Crippen molar-refractivity contribution in [2.24, 2.45) is 11.3 Å². The first-order valence-electron chi connectivity index (χ1n) is 8.70. The molecule has 2 aliphatic rings. The Morgan fingerprint density at radius 1 is 1.14 bits per heavy atom. The second-order valence-electron chi connectivity index (χ2n) is 7.13. The first-order chi connectivity index (χ1) is 10.2. The highest BCUT2D eigenvalue weighted by molar-refractivity contribution is 5.24. The van der Waals surface area contributed by atoms with Crippen molar-refractivity contribution in [1.82, 2.24) is 5.32 Å². The zero-order valence-electron chi connectivity index (χ0n) is 13.2. The van der Waals surface area contributed by atoms with Crippen LogP contribution in [0.2, 0.25) is 0 Å². The molecule has 3 rings (SSSR count). The van der Waals surface area contributed by atoms with Crippen LogP contribution < -0.4 is 5.32 Å². The Hall–Kier alpha value is -0.890. The summed E-state index contributed by atoms with van der Waals surface area (Å²) >= 11 is 0. The SMILES string of the molecule is CCC1CCCC2(CCNCC2c2ccc(F)cc2)CC1. The summed E-state index contributed by atoms with van der Waals surface area (Å²) in [6.07, 6.45) is 9.48. The molecule has 0 aromatic heterocycles. The minimum absolute atomic E-state index is 0.122. The van der Waals surface area contributed by atoms with E-state index in [1.807, 2.05) is 12.1 Å². The van der Waals surface area contributed by atoms with Gasteiger partial charge in [0.25, 0.3) is 0 Å². The van der Waals surface area contributed by atoms with Crippen molar-refractivity contribution >= 4 is 0 Å². The van der Waals surface area contributed by atoms with Gasteiger partial charge < -0.3 is 5.32 Å². The number of hydrogen-bond acceptors (Lipinski definition) is 1. The molecular weight excluding hydrogens is 261 g/mol. The molecule has 0 bridgehead atoms. The van der Waals surface area contributed by atoms with E-state index in [0.29, 0.717) is 11.3 Å². The van der Waals surface area contributed by atoms with Gasteiger partial charge in [-0.05, 0) is 61.3 Å². The molecule has 1 aromatic carbocycles. The summed E-state index contributed by atoms with van der Waals surface area (Å²) in [5, 5.41) is 3.57. The Labute approximate surface area is 128 Å². The Kier molecular flexibility index (Phi) is 4.63. The zero-order valence-corrected chi connectivity index (χ0v) is 13.2. The fraction of sp³-hybridized carbons (Fsp3) is 0.684. The predicted molar refractivity (Wildman–Crippen MR) is 85.9 cm³/mol. The molecule has 1 spiro atoms. The predicted octanol–water partition coefficient (Wildman–Crippen LogP) is 4.88. The quantitative estimate of drug-likeness (QED) is 0.818. The molecule has 116 valence electrons. The Bertz CT molecular complexity index is 455. The lowest BCUT2D eigenvalue weighted by molar-refractivity contribution is 0.134. The lowest BCUT2D eigenvalue weighted by Crippen LogP contribution is -2.43. The molecule has 3 atom stereocenters. The van der Waals surface area contributed by atoms with Gasteiger partial charge in [0.05, 0.1) is 0 Å². The van der Waals surface area contributed by atoms with E-state index in [2.05, 4.69) is 12.2 Å². The molecule has 1 N–H and O–H groups in total. The molecule has 2 heteroatoms. The van der Waals surface area contributed by atoms with Crippen molar-refractivity contribution < 1.29 is 4.39 Å². The first kappa shape index (κ1) is 15.0. The maximum absolute atomic E-state index is 13.2. The first-order valence-corrected chi connectivity index (χ1v) is 8.70. The summed E-state index contributed by atoms with van der Waals surface area (Å²) in [5.41, 5.74) is 1.78. The van der Waals surface area contributed by atoms with Crippen LogP contribution in [0.5, 0.6) is 0 Å². The van der Waals surface area contributed by atoms with Crippen molar-refractivity contribution in [1.29, 1.82) is 0 Å². The minimum atomic E-state index is -0.122. The van der Waals surface area contributed by atoms with Crippen LogP contribution in [0.3, 0.4) is 0 Å². The van der Waals surface area contributed by atoms with Gasteiger partial charge in [0.1, 0.15) is 5.82 Å². The number of nitrogens with one attached hydrogen (secondary N) is 1. The molecule has 0 amide bonds. The maximum Gasteiger partial charge on any atom is 0.123 e. The van der Waals surface area contributed by atoms with Crippen LogP contribution >= 0.6 is 0 Å². The van der Waals surface area contributed by atoms with E-state index < -0.39 is 0 Å². The van der Waals surface area contributed by atoms with Gasteiger partial charge in [-0.25, -0.2) is 4.39 Å². The zero-order chi connectivity index (χ0) is 14.7. The average molecular weight is 289 g/mol. The summed E-state index contributed by atoms with van der Waals surface area (Å²) in [6.45, 7) is 4.54. The molecule has 1 nitrogen and oxygen atoms in total. The second kappa shape index (κ2) is 6.48. The molecule has 3 unspecified atom stereocenters. The summed E-state index contributed by atoms with van der Waals surface area (Å²) in [5.74, 6) is 1.36. The van der Waals surface area contributed by atoms with Gasteiger partial charge in [0.2, 0.25) is 0 Å². The molecule has 1 saturated carbocycles. The summed E-state index contributed by atoms with van der Waals surface area (Å²) in [4.78, 5) is 0. The van der Waals surface area contributed by atoms with Crippen molar-refractivity contribution in [2.45, 2.75) is 57.8 Å². The van der Waals surface area contributed by atoms with Crippen molar-refractivity contribution in [3.05, 3.63) is 35.6 Å². The molecule has 1 heterocycles. The molecule has 2 fully saturated rings. The highest BCUT2D eigenvalue weighted by Gasteiger charge is 2.42. The van der Waals surface area contributed by atoms with E-state index in [-0.39, 0.29) is 5.82 Å². The van der Waals surface area contributed by atoms with Gasteiger partial charge >= 0.3 is 0 Å². The van der Waals surface area contributed by atoms with E-state index in [1.54, 1.807) is 12.1 Å². The fourth-order valence-electron chi connectivity index (χ4n) is 4.65. The number of benzene rings is 1. The van der Waals surface area contributed by atoms with Crippen LogP contribution in [-0.4, -0.2) is 13.1 Å². The van der Waals surface area contributed by atoms with E-state index in [1.165, 1.54) is 50.5 Å². The van der Waals surface area contributed by atoms with E-state index in [9.17, 15) is 4.39 Å². The van der Waals surface area contributed by atoms with Gasteiger partial charge in [0, 0.05) is 12.5 Å². The van der Waals surface area contributed by atoms with Crippen LogP contribution in [0, 0.1) is 17.2 Å². The number of rotatable bonds is 2. The molecule has 21 heavy (non-hydrogen) atoms. The third-order valence-corrected chi connectivity index (χ3v) is 6.07. The molecular formula is C19H28FN. The number of piperidine rings is 1. The number of halogens is 1. The summed E-state index contributed by atoms with van der Waals surface area (Å²) in [6, 6.07) is 7.28. The molecule has 0 radical (unpaired) electrons. The second-order valence-corrected chi connectivity index (χ2v) is 7.13. The van der Waals surface area contributed by atoms with Gasteiger partial charge in [-0.3, -0.25) is 0 Å². The van der Waals surface area contributed by atoms with Gasteiger partial charge in [-0.2, -0.15) is 0 Å². The highest BCUT2D eigenvalue weighted by Crippen LogP contribution is 2.51. The van der Waals surface area contributed by atoms with E-state index in [4.69, 9.17) is 0 Å². The van der Waals surface area contributed by atoms with Gasteiger partial charge in [0.15, 0.2) is 0 Å². The van der Waals surface area contributed by atoms with Gasteiger partial charge in [-0.15, -0.1) is 0 Å². The largest absolute Gasteiger partial charge is 0.316 e. The third kappa shape index (κ3) is 3.15. The van der Waals surface area contributed by atoms with Crippen LogP contribution in [0.4, 0.5) is 4.39 Å². The minimum Gasteiger partial charge on any atom is -0.316 e. The lowest BCUT2D eigenvalue weighted by atomic mass is 9.63. The summed E-state index contributed by atoms with van der Waals surface area (Å²) < 4.78 is 13.2. The molecule has 1 aliphatic carbocycles. The molecule has 1 aromatic rings. The fourth-order valence-corrected chi connectivity index (χ4v) is 4.65. The lowest BCUT2D eigenvalue weighted by Gasteiger charge is -2.45. The van der Waals surface area contributed by atoms with Crippen LogP contribution in [0.15, 0.2) is 24.3 Å². The third-order valence-electron chi connectivity index (χ3n) is 6.07. The van der Waals surface area contributed by atoms with Crippen molar-refractivity contribution in [2.75, 3.05) is 13.1 Å². The molecule has 1 saturated heterocycles. The average Bonchev–Trinajstić information content (AvgIpc) is 2.72. The van der Waals surface area contributed by atoms with Gasteiger partial charge in [-0.1, -0.05) is 38.3 Å².